The molecule has 0 atom stereocenters. The third kappa shape index (κ3) is 13.0. The number of hydrogen-bond acceptors (Lipinski definition) is 20. The average molecular weight is 1070 g/mol. The summed E-state index contributed by atoms with van der Waals surface area (Å²) in [6.45, 7) is 1.59. The van der Waals surface area contributed by atoms with Gasteiger partial charge in [-0.1, -0.05) is 6.07 Å². The Kier molecular flexibility index (Phi) is 23.6. The van der Waals surface area contributed by atoms with Crippen molar-refractivity contribution in [2.75, 3.05) is 0 Å². The van der Waals surface area contributed by atoms with Crippen LogP contribution in [0.5, 0.6) is 0 Å². The summed E-state index contributed by atoms with van der Waals surface area (Å²) in [5.74, 6) is 0. The fourth-order valence-corrected chi connectivity index (χ4v) is 5.63. The zero-order chi connectivity index (χ0) is 45.9. The van der Waals surface area contributed by atoms with Gasteiger partial charge in [-0.2, -0.15) is 0 Å². The molecule has 0 bridgehead atoms. The van der Waals surface area contributed by atoms with Crippen LogP contribution in [0, 0.1) is 98.0 Å². The first kappa shape index (κ1) is 64.0. The average Bonchev–Trinajstić information content (AvgIpc) is 3.86. The second-order valence-corrected chi connectivity index (χ2v) is 11.9. The van der Waals surface area contributed by atoms with Crippen LogP contribution in [-0.4, -0.2) is 60.0 Å². The first-order valence-corrected chi connectivity index (χ1v) is 16.0. The number of rotatable bonds is 13. The predicted molar refractivity (Wildman–Crippen MR) is 226 cm³/mol. The van der Waals surface area contributed by atoms with Crippen molar-refractivity contribution in [3.8, 4) is 45.0 Å². The van der Waals surface area contributed by atoms with Crippen molar-refractivity contribution in [3.05, 3.63) is 194 Å². The van der Waals surface area contributed by atoms with E-state index in [1.165, 1.54) is 18.2 Å². The van der Waals surface area contributed by atoms with Gasteiger partial charge in [-0.05, 0) is 48.1 Å². The van der Waals surface area contributed by atoms with E-state index in [0.717, 1.165) is 36.4 Å². The number of aromatic nitrogens is 4. The van der Waals surface area contributed by atoms with E-state index in [2.05, 4.69) is 20.4 Å². The van der Waals surface area contributed by atoms with E-state index in [1.54, 1.807) is 6.92 Å². The van der Waals surface area contributed by atoms with Crippen molar-refractivity contribution in [3.63, 3.8) is 0 Å². The predicted octanol–water partition coefficient (Wildman–Crippen LogP) is 8.27. The quantitative estimate of drug-likeness (QED) is 0.0596. The maximum absolute atomic E-state index is 11.7. The molecule has 69 heavy (non-hydrogen) atoms. The Balaban J connectivity index is -0.00000115. The fraction of sp³-hybridized carbons (Fsp3) is 0.0323. The molecular weight excluding hydrogens is 1040 g/mol. The van der Waals surface area contributed by atoms with E-state index in [9.17, 15) is 91.0 Å². The monoisotopic (exact) mass is 1070 g/mol. The molecule has 4 aromatic carbocycles. The molecule has 0 aliphatic rings. The summed E-state index contributed by atoms with van der Waals surface area (Å²) in [5.41, 5.74) is -10.0. The van der Waals surface area contributed by atoms with E-state index in [-0.39, 0.29) is 75.3 Å². The second kappa shape index (κ2) is 25.4. The summed E-state index contributed by atoms with van der Waals surface area (Å²) in [7, 11) is 0. The number of nitro benzene ring substituents is 7. The van der Waals surface area contributed by atoms with Crippen molar-refractivity contribution >= 4 is 51.2 Å². The first-order chi connectivity index (χ1) is 29.1. The van der Waals surface area contributed by atoms with Crippen LogP contribution < -0.4 is 10.2 Å². The molecular formula is C31H25Cu2N17O19-6. The minimum absolute atomic E-state index is 0. The van der Waals surface area contributed by atoms with Crippen molar-refractivity contribution < 1.29 is 83.9 Å². The summed E-state index contributed by atoms with van der Waals surface area (Å²) in [6.07, 6.45) is 0. The van der Waals surface area contributed by atoms with E-state index >= 15 is 0 Å². The topological polar surface area (TPSA) is 608 Å². The Morgan fingerprint density at radius 1 is 0.377 bits per heavy atom. The molecule has 0 saturated heterocycles. The fourth-order valence-electron chi connectivity index (χ4n) is 5.63. The molecule has 0 aliphatic heterocycles. The first-order valence-electron chi connectivity index (χ1n) is 16.0. The van der Waals surface area contributed by atoms with Gasteiger partial charge in [-0.15, -0.1) is 0 Å². The molecule has 36 nitrogen and oxygen atoms in total. The molecule has 0 amide bonds. The van der Waals surface area contributed by atoms with Gasteiger partial charge in [0.15, 0.2) is 0 Å². The minimum atomic E-state index is -1.04. The van der Waals surface area contributed by atoms with E-state index < -0.39 is 129 Å². The number of benzene rings is 4. The molecule has 6 aromatic rings. The Morgan fingerprint density at radius 2 is 0.638 bits per heavy atom. The van der Waals surface area contributed by atoms with Gasteiger partial charge in [0.05, 0.1) is 73.6 Å². The van der Waals surface area contributed by atoms with Crippen molar-refractivity contribution in [2.24, 2.45) is 0 Å². The third-order valence-electron chi connectivity index (χ3n) is 8.30. The molecule has 2 aromatic heterocycles. The number of nitro groups is 9. The third-order valence-corrected chi connectivity index (χ3v) is 8.30. The Morgan fingerprint density at radius 3 is 0.913 bits per heavy atom. The van der Waals surface area contributed by atoms with Gasteiger partial charge in [0, 0.05) is 69.5 Å². The maximum atomic E-state index is 11.7. The van der Waals surface area contributed by atoms with Crippen LogP contribution in [-0.2, 0) is 34.1 Å². The Hall–Kier alpha value is -9.26. The van der Waals surface area contributed by atoms with Crippen LogP contribution in [0.2, 0.25) is 0 Å². The molecule has 376 valence electrons. The number of aryl methyl sites for hydroxylation is 1. The van der Waals surface area contributed by atoms with Crippen LogP contribution >= 0.6 is 0 Å². The van der Waals surface area contributed by atoms with Crippen molar-refractivity contribution in [1.29, 1.82) is 0 Å². The van der Waals surface area contributed by atoms with Gasteiger partial charge in [-0.25, -0.2) is 0 Å². The van der Waals surface area contributed by atoms with Crippen molar-refractivity contribution in [1.82, 2.24) is 20.4 Å². The molecule has 10 N–H and O–H groups in total. The van der Waals surface area contributed by atoms with Gasteiger partial charge >= 0.3 is 0 Å². The largest absolute Gasteiger partial charge is 0.693 e. The van der Waals surface area contributed by atoms with Gasteiger partial charge < -0.3 is 50.5 Å². The van der Waals surface area contributed by atoms with Gasteiger partial charge in [0.2, 0.25) is 0 Å². The zero-order valence-corrected chi connectivity index (χ0v) is 35.4. The van der Waals surface area contributed by atoms with Crippen LogP contribution in [0.4, 0.5) is 51.2 Å². The standard InChI is InChI=1S/C16H9N6O8.C15H6N7O10.2Cu.4H2N.H2O/c1-8-2-4-10(12(6-8)20(25)26)14-16(22(29)30)15(18-17-14)11-5-3-9(19(23)24)7-13(11)21(27)28;23-18(24)7-1-3-9(11(5-7)20(27)28)13-15(22(31)32)14(17-16-13)10-4-2-8(19(25)26)6-12(10)21(29)30;;;;;;;/h2-7H,1H3;1-6H;;;5*1H2/q2*-1;;;4*-1;. The molecule has 2 radical (unpaired) electrons. The normalized spacial score (nSPS) is 9.46. The second-order valence-electron chi connectivity index (χ2n) is 11.9. The SMILES string of the molecule is Cc1ccc(-c2n[n-]c(-c3ccc([N+](=O)[O-])cc3[N+](=O)[O-])c2[N+](=O)[O-])c([N+](=O)[O-])c1.O.O=[N+]([O-])c1ccc(-c2n[n-]c(-c3ccc([N+](=O)[O-])cc3[N+](=O)[O-])c2[N+](=O)[O-])c([N+](=O)[O-])c1.[Cu].[Cu].[NH2-].[NH2-].[NH2-].[NH2-]. The zero-order valence-electron chi connectivity index (χ0n) is 33.5. The molecule has 0 spiro atoms. The summed E-state index contributed by atoms with van der Waals surface area (Å²) >= 11 is 0. The van der Waals surface area contributed by atoms with Crippen LogP contribution in [0.25, 0.3) is 69.6 Å². The minimum Gasteiger partial charge on any atom is -0.693 e. The smallest absolute Gasteiger partial charge is 0.285 e. The Labute approximate surface area is 400 Å². The van der Waals surface area contributed by atoms with Crippen LogP contribution in [0.3, 0.4) is 0 Å². The summed E-state index contributed by atoms with van der Waals surface area (Å²) in [4.78, 5) is 93.3. The maximum Gasteiger partial charge on any atom is 0.285 e. The van der Waals surface area contributed by atoms with E-state index in [0.29, 0.717) is 23.8 Å². The molecule has 38 heteroatoms. The van der Waals surface area contributed by atoms with Crippen LogP contribution in [0.15, 0.2) is 72.8 Å². The number of hydrogen-bond donors (Lipinski definition) is 0. The molecule has 0 unspecified atom stereocenters. The van der Waals surface area contributed by atoms with E-state index in [1.807, 2.05) is 0 Å². The van der Waals surface area contributed by atoms with E-state index in [4.69, 9.17) is 0 Å². The van der Waals surface area contributed by atoms with Crippen LogP contribution in [0.1, 0.15) is 5.56 Å². The number of nitrogens with two attached hydrogens (primary N) is 4. The van der Waals surface area contributed by atoms with Gasteiger partial charge in [0.1, 0.15) is 11.4 Å². The summed E-state index contributed by atoms with van der Waals surface area (Å²) in [6, 6.07) is 11.0. The summed E-state index contributed by atoms with van der Waals surface area (Å²) < 4.78 is 0. The molecule has 6 rings (SSSR count). The van der Waals surface area contributed by atoms with Gasteiger partial charge in [0.25, 0.3) is 51.2 Å². The molecule has 0 saturated carbocycles. The Bertz CT molecular complexity index is 2890. The number of non-ortho nitro benzene ring substituents is 3. The van der Waals surface area contributed by atoms with Gasteiger partial charge in [-0.3, -0.25) is 91.0 Å². The number of nitrogens with zero attached hydrogens (tertiary/aromatic N) is 13. The molecule has 0 fully saturated rings. The molecule has 2 heterocycles. The molecule has 0 aliphatic carbocycles. The summed E-state index contributed by atoms with van der Waals surface area (Å²) in [5, 5.41) is 116. The van der Waals surface area contributed by atoms with Crippen molar-refractivity contribution in [2.45, 2.75) is 6.92 Å².